The van der Waals surface area contributed by atoms with Crippen molar-refractivity contribution < 1.29 is 23.5 Å². The van der Waals surface area contributed by atoms with E-state index in [2.05, 4.69) is 5.32 Å². The van der Waals surface area contributed by atoms with E-state index in [-0.39, 0.29) is 37.7 Å². The number of furan rings is 1. The molecule has 1 aromatic rings. The maximum absolute atomic E-state index is 11.7. The molecule has 2 rings (SSSR count). The van der Waals surface area contributed by atoms with Crippen molar-refractivity contribution in [3.8, 4) is 0 Å². The van der Waals surface area contributed by atoms with Gasteiger partial charge in [0.05, 0.1) is 12.8 Å². The van der Waals surface area contributed by atoms with Crippen molar-refractivity contribution in [1.82, 2.24) is 10.2 Å². The van der Waals surface area contributed by atoms with E-state index in [1.165, 1.54) is 13.4 Å². The number of carbonyl (C=O) groups is 3. The van der Waals surface area contributed by atoms with Crippen molar-refractivity contribution in [2.24, 2.45) is 0 Å². The number of carbonyl (C=O) groups excluding carboxylic acids is 3. The van der Waals surface area contributed by atoms with Gasteiger partial charge in [0, 0.05) is 20.0 Å². The van der Waals surface area contributed by atoms with Crippen LogP contribution in [0.15, 0.2) is 22.8 Å². The zero-order valence-electron chi connectivity index (χ0n) is 11.1. The third-order valence-electron chi connectivity index (χ3n) is 3.09. The standard InChI is InChI=1S/C13H16N2O5/c1-19-10(9-3-2-6-20-9)7-14-11(16)8-15-12(17)4-5-13(15)18/h2-3,6,10H,4-5,7-8H2,1H3,(H,14,16)/t10-/m0/s1. The average molecular weight is 280 g/mol. The van der Waals surface area contributed by atoms with Gasteiger partial charge in [0.2, 0.25) is 17.7 Å². The van der Waals surface area contributed by atoms with Gasteiger partial charge in [0.15, 0.2) is 0 Å². The molecule has 3 amide bonds. The van der Waals surface area contributed by atoms with Gasteiger partial charge in [-0.15, -0.1) is 0 Å². The first kappa shape index (κ1) is 14.3. The Morgan fingerprint density at radius 2 is 2.15 bits per heavy atom. The number of ether oxygens (including phenoxy) is 1. The summed E-state index contributed by atoms with van der Waals surface area (Å²) in [5.74, 6) is -0.415. The monoisotopic (exact) mass is 280 g/mol. The van der Waals surface area contributed by atoms with Crippen LogP contribution in [0.4, 0.5) is 0 Å². The van der Waals surface area contributed by atoms with Crippen LogP contribution in [-0.2, 0) is 19.1 Å². The number of likely N-dealkylation sites (tertiary alicyclic amines) is 1. The van der Waals surface area contributed by atoms with Crippen molar-refractivity contribution in [1.29, 1.82) is 0 Å². The van der Waals surface area contributed by atoms with E-state index in [1.807, 2.05) is 0 Å². The first-order chi connectivity index (χ1) is 9.61. The number of hydrogen-bond donors (Lipinski definition) is 1. The fourth-order valence-corrected chi connectivity index (χ4v) is 1.98. The summed E-state index contributed by atoms with van der Waals surface area (Å²) in [6.45, 7) is -0.0364. The Kier molecular flexibility index (Phi) is 4.52. The summed E-state index contributed by atoms with van der Waals surface area (Å²) in [5.41, 5.74) is 0. The van der Waals surface area contributed by atoms with E-state index in [9.17, 15) is 14.4 Å². The Bertz CT molecular complexity index is 481. The van der Waals surface area contributed by atoms with Crippen LogP contribution < -0.4 is 5.32 Å². The van der Waals surface area contributed by atoms with Crippen LogP contribution in [0, 0.1) is 0 Å². The quantitative estimate of drug-likeness (QED) is 0.754. The molecular formula is C13H16N2O5. The minimum atomic E-state index is -0.404. The molecule has 0 saturated carbocycles. The van der Waals surface area contributed by atoms with E-state index >= 15 is 0 Å². The van der Waals surface area contributed by atoms with E-state index in [0.717, 1.165) is 4.90 Å². The number of hydrogen-bond acceptors (Lipinski definition) is 5. The highest BCUT2D eigenvalue weighted by molar-refractivity contribution is 6.04. The van der Waals surface area contributed by atoms with Crippen molar-refractivity contribution in [3.05, 3.63) is 24.2 Å². The zero-order chi connectivity index (χ0) is 14.5. The Hall–Kier alpha value is -2.15. The first-order valence-electron chi connectivity index (χ1n) is 6.28. The summed E-state index contributed by atoms with van der Waals surface area (Å²) < 4.78 is 10.4. The summed E-state index contributed by atoms with van der Waals surface area (Å²) in [4.78, 5) is 35.5. The van der Waals surface area contributed by atoms with Crippen molar-refractivity contribution in [2.75, 3.05) is 20.2 Å². The lowest BCUT2D eigenvalue weighted by atomic mass is 10.2. The predicted molar refractivity (Wildman–Crippen MR) is 67.4 cm³/mol. The second kappa shape index (κ2) is 6.33. The van der Waals surface area contributed by atoms with Gasteiger partial charge in [0.25, 0.3) is 0 Å². The molecule has 20 heavy (non-hydrogen) atoms. The molecule has 0 spiro atoms. The van der Waals surface area contributed by atoms with E-state index in [1.54, 1.807) is 12.1 Å². The van der Waals surface area contributed by atoms with Gasteiger partial charge in [-0.3, -0.25) is 19.3 Å². The van der Waals surface area contributed by atoms with Crippen LogP contribution in [-0.4, -0.2) is 42.8 Å². The van der Waals surface area contributed by atoms with Gasteiger partial charge in [-0.2, -0.15) is 0 Å². The minimum Gasteiger partial charge on any atom is -0.467 e. The molecule has 1 N–H and O–H groups in total. The molecule has 1 saturated heterocycles. The number of imide groups is 1. The van der Waals surface area contributed by atoms with Crippen LogP contribution in [0.5, 0.6) is 0 Å². The highest BCUT2D eigenvalue weighted by atomic mass is 16.5. The first-order valence-corrected chi connectivity index (χ1v) is 6.28. The number of methoxy groups -OCH3 is 1. The van der Waals surface area contributed by atoms with Gasteiger partial charge in [-0.1, -0.05) is 0 Å². The smallest absolute Gasteiger partial charge is 0.240 e. The molecule has 1 aliphatic heterocycles. The van der Waals surface area contributed by atoms with Crippen molar-refractivity contribution >= 4 is 17.7 Å². The van der Waals surface area contributed by atoms with Crippen molar-refractivity contribution in [2.45, 2.75) is 18.9 Å². The molecular weight excluding hydrogens is 264 g/mol. The second-order valence-corrected chi connectivity index (χ2v) is 4.42. The molecule has 108 valence electrons. The van der Waals surface area contributed by atoms with Gasteiger partial charge < -0.3 is 14.5 Å². The van der Waals surface area contributed by atoms with Crippen LogP contribution >= 0.6 is 0 Å². The molecule has 0 unspecified atom stereocenters. The Morgan fingerprint density at radius 1 is 1.45 bits per heavy atom. The second-order valence-electron chi connectivity index (χ2n) is 4.42. The summed E-state index contributed by atoms with van der Waals surface area (Å²) >= 11 is 0. The average Bonchev–Trinajstić information content (AvgIpc) is 3.05. The molecule has 2 heterocycles. The lowest BCUT2D eigenvalue weighted by Crippen LogP contribution is -2.41. The molecule has 0 radical (unpaired) electrons. The topological polar surface area (TPSA) is 88.9 Å². The van der Waals surface area contributed by atoms with E-state index in [0.29, 0.717) is 5.76 Å². The van der Waals surface area contributed by atoms with Crippen molar-refractivity contribution in [3.63, 3.8) is 0 Å². The molecule has 7 heteroatoms. The number of rotatable bonds is 6. The normalized spacial score (nSPS) is 16.6. The summed E-state index contributed by atoms with van der Waals surface area (Å²) in [6.07, 6.45) is 1.47. The predicted octanol–water partition coefficient (Wildman–Crippen LogP) is 0.232. The summed E-state index contributed by atoms with van der Waals surface area (Å²) in [5, 5.41) is 2.62. The minimum absolute atomic E-state index is 0.180. The maximum atomic E-state index is 11.7. The summed E-state index contributed by atoms with van der Waals surface area (Å²) in [7, 11) is 1.51. The molecule has 1 atom stereocenters. The highest BCUT2D eigenvalue weighted by Crippen LogP contribution is 2.16. The molecule has 7 nitrogen and oxygen atoms in total. The van der Waals surface area contributed by atoms with E-state index < -0.39 is 12.0 Å². The number of nitrogens with one attached hydrogen (secondary N) is 1. The van der Waals surface area contributed by atoms with E-state index in [4.69, 9.17) is 9.15 Å². The SMILES string of the molecule is CO[C@@H](CNC(=O)CN1C(=O)CCC1=O)c1ccco1. The third-order valence-corrected chi connectivity index (χ3v) is 3.09. The van der Waals surface area contributed by atoms with Crippen LogP contribution in [0.2, 0.25) is 0 Å². The molecule has 0 bridgehead atoms. The Balaban J connectivity index is 1.83. The van der Waals surface area contributed by atoms with Gasteiger partial charge in [0.1, 0.15) is 18.4 Å². The van der Waals surface area contributed by atoms with Gasteiger partial charge in [-0.25, -0.2) is 0 Å². The zero-order valence-corrected chi connectivity index (χ0v) is 11.1. The number of nitrogens with zero attached hydrogens (tertiary/aromatic N) is 1. The van der Waals surface area contributed by atoms with Crippen LogP contribution in [0.25, 0.3) is 0 Å². The lowest BCUT2D eigenvalue weighted by molar-refractivity contribution is -0.142. The molecule has 1 aliphatic rings. The molecule has 1 aromatic heterocycles. The molecule has 1 fully saturated rings. The lowest BCUT2D eigenvalue weighted by Gasteiger charge is -2.16. The summed E-state index contributed by atoms with van der Waals surface area (Å²) in [6, 6.07) is 3.47. The van der Waals surface area contributed by atoms with Crippen LogP contribution in [0.3, 0.4) is 0 Å². The Labute approximate surface area is 115 Å². The molecule has 0 aromatic carbocycles. The maximum Gasteiger partial charge on any atom is 0.240 e. The largest absolute Gasteiger partial charge is 0.467 e. The Morgan fingerprint density at radius 3 is 2.70 bits per heavy atom. The van der Waals surface area contributed by atoms with Gasteiger partial charge in [-0.05, 0) is 12.1 Å². The number of amides is 3. The van der Waals surface area contributed by atoms with Gasteiger partial charge >= 0.3 is 0 Å². The third kappa shape index (κ3) is 3.24. The van der Waals surface area contributed by atoms with Crippen LogP contribution in [0.1, 0.15) is 24.7 Å². The molecule has 0 aliphatic carbocycles. The fourth-order valence-electron chi connectivity index (χ4n) is 1.98. The fraction of sp³-hybridized carbons (Fsp3) is 0.462. The highest BCUT2D eigenvalue weighted by Gasteiger charge is 2.30.